The molecule has 0 atom stereocenters. The molecule has 0 aliphatic rings. The van der Waals surface area contributed by atoms with Gasteiger partial charge < -0.3 is 4.57 Å². The first-order chi connectivity index (χ1) is 15.7. The lowest BCUT2D eigenvalue weighted by molar-refractivity contribution is 0.836. The zero-order valence-corrected chi connectivity index (χ0v) is 17.4. The predicted octanol–water partition coefficient (Wildman–Crippen LogP) is 4.64. The molecule has 0 radical (unpaired) electrons. The molecule has 6 rings (SSSR count). The lowest BCUT2D eigenvalue weighted by Crippen LogP contribution is -2.19. The van der Waals surface area contributed by atoms with Crippen LogP contribution in [-0.2, 0) is 6.54 Å². The van der Waals surface area contributed by atoms with Crippen molar-refractivity contribution in [3.8, 4) is 5.69 Å². The van der Waals surface area contributed by atoms with Crippen molar-refractivity contribution in [2.24, 2.45) is 0 Å². The first-order valence-corrected chi connectivity index (χ1v) is 10.5. The predicted molar refractivity (Wildman–Crippen MR) is 126 cm³/mol. The van der Waals surface area contributed by atoms with E-state index in [9.17, 15) is 4.79 Å². The summed E-state index contributed by atoms with van der Waals surface area (Å²) >= 11 is 0. The largest absolute Gasteiger partial charge is 0.304 e. The van der Waals surface area contributed by atoms with Gasteiger partial charge in [-0.3, -0.25) is 9.36 Å². The van der Waals surface area contributed by atoms with Crippen LogP contribution in [0.5, 0.6) is 0 Å². The number of hydrogen-bond acceptors (Lipinski definition) is 4. The molecule has 0 bridgehead atoms. The molecule has 0 aliphatic carbocycles. The number of aryl methyl sites for hydroxylation is 1. The van der Waals surface area contributed by atoms with Gasteiger partial charge in [-0.05, 0) is 42.3 Å². The van der Waals surface area contributed by atoms with E-state index in [4.69, 9.17) is 15.0 Å². The molecule has 6 heteroatoms. The molecule has 3 heterocycles. The van der Waals surface area contributed by atoms with Crippen molar-refractivity contribution in [3.63, 3.8) is 0 Å². The van der Waals surface area contributed by atoms with Crippen LogP contribution >= 0.6 is 0 Å². The second kappa shape index (κ2) is 7.13. The highest BCUT2D eigenvalue weighted by atomic mass is 16.1. The summed E-state index contributed by atoms with van der Waals surface area (Å²) in [4.78, 5) is 28.1. The quantitative estimate of drug-likeness (QED) is 0.421. The maximum Gasteiger partial charge on any atom is 0.269 e. The number of hydrogen-bond donors (Lipinski definition) is 0. The van der Waals surface area contributed by atoms with Crippen molar-refractivity contribution in [1.82, 2.24) is 24.1 Å². The molecular weight excluding hydrogens is 398 g/mol. The molecule has 3 aromatic carbocycles. The van der Waals surface area contributed by atoms with E-state index in [1.54, 1.807) is 10.9 Å². The van der Waals surface area contributed by atoms with Gasteiger partial charge in [-0.1, -0.05) is 54.6 Å². The SMILES string of the molecule is Cc1cccc(-n2cnc3c(c2=O)c2nc4ccccc4nc2n3Cc2ccccc2)c1. The van der Waals surface area contributed by atoms with Crippen LogP contribution in [0.25, 0.3) is 38.9 Å². The lowest BCUT2D eigenvalue weighted by Gasteiger charge is -2.08. The maximum atomic E-state index is 13.7. The summed E-state index contributed by atoms with van der Waals surface area (Å²) in [7, 11) is 0. The molecule has 154 valence electrons. The van der Waals surface area contributed by atoms with Gasteiger partial charge >= 0.3 is 0 Å². The van der Waals surface area contributed by atoms with Crippen LogP contribution in [0.4, 0.5) is 0 Å². The van der Waals surface area contributed by atoms with Crippen molar-refractivity contribution in [2.75, 3.05) is 0 Å². The van der Waals surface area contributed by atoms with Crippen LogP contribution in [0, 0.1) is 6.92 Å². The first kappa shape index (κ1) is 18.4. The second-order valence-corrected chi connectivity index (χ2v) is 7.91. The molecule has 0 unspecified atom stereocenters. The van der Waals surface area contributed by atoms with Gasteiger partial charge in [0.2, 0.25) is 0 Å². The average Bonchev–Trinajstić information content (AvgIpc) is 3.11. The van der Waals surface area contributed by atoms with E-state index in [1.807, 2.05) is 78.2 Å². The van der Waals surface area contributed by atoms with Crippen molar-refractivity contribution in [3.05, 3.63) is 107 Å². The fourth-order valence-corrected chi connectivity index (χ4v) is 4.18. The Balaban J connectivity index is 1.71. The number of benzene rings is 3. The Morgan fingerprint density at radius 2 is 1.56 bits per heavy atom. The summed E-state index contributed by atoms with van der Waals surface area (Å²) in [6.45, 7) is 2.55. The smallest absolute Gasteiger partial charge is 0.269 e. The number of aromatic nitrogens is 5. The molecule has 32 heavy (non-hydrogen) atoms. The summed E-state index contributed by atoms with van der Waals surface area (Å²) in [5.41, 5.74) is 6.18. The van der Waals surface area contributed by atoms with Crippen LogP contribution in [0.2, 0.25) is 0 Å². The van der Waals surface area contributed by atoms with E-state index in [1.165, 1.54) is 0 Å². The van der Waals surface area contributed by atoms with Gasteiger partial charge in [0.15, 0.2) is 11.3 Å². The van der Waals surface area contributed by atoms with Gasteiger partial charge in [0, 0.05) is 0 Å². The van der Waals surface area contributed by atoms with Crippen LogP contribution in [0.15, 0.2) is 90.0 Å². The molecule has 0 saturated carbocycles. The van der Waals surface area contributed by atoms with Crippen LogP contribution in [-0.4, -0.2) is 24.1 Å². The van der Waals surface area contributed by atoms with Gasteiger partial charge in [0.25, 0.3) is 5.56 Å². The van der Waals surface area contributed by atoms with Gasteiger partial charge in [-0.25, -0.2) is 15.0 Å². The maximum absolute atomic E-state index is 13.7. The highest BCUT2D eigenvalue weighted by Gasteiger charge is 2.20. The molecule has 3 aromatic heterocycles. The minimum Gasteiger partial charge on any atom is -0.304 e. The minimum absolute atomic E-state index is 0.151. The summed E-state index contributed by atoms with van der Waals surface area (Å²) < 4.78 is 3.57. The normalized spacial score (nSPS) is 11.5. The summed E-state index contributed by atoms with van der Waals surface area (Å²) in [6, 6.07) is 25.6. The molecule has 0 amide bonds. The Labute approximate surface area is 183 Å². The molecule has 0 fully saturated rings. The number of para-hydroxylation sites is 2. The molecule has 0 aliphatic heterocycles. The highest BCUT2D eigenvalue weighted by molar-refractivity contribution is 6.04. The topological polar surface area (TPSA) is 65.6 Å². The first-order valence-electron chi connectivity index (χ1n) is 10.5. The number of fused-ring (bicyclic) bond motifs is 4. The van der Waals surface area contributed by atoms with Gasteiger partial charge in [-0.2, -0.15) is 0 Å². The molecule has 6 aromatic rings. The van der Waals surface area contributed by atoms with E-state index >= 15 is 0 Å². The third kappa shape index (κ3) is 2.88. The Morgan fingerprint density at radius 1 is 0.812 bits per heavy atom. The molecule has 0 saturated heterocycles. The Kier molecular flexibility index (Phi) is 4.11. The molecule has 6 nitrogen and oxygen atoms in total. The van der Waals surface area contributed by atoms with Crippen LogP contribution < -0.4 is 5.56 Å². The Hall–Kier alpha value is -4.32. The standard InChI is InChI=1S/C26H19N5O/c1-17-8-7-11-19(14-17)31-16-27-24-22(26(31)32)23-25(29-21-13-6-5-12-20(21)28-23)30(24)15-18-9-3-2-4-10-18/h2-14,16H,15H2,1H3. The monoisotopic (exact) mass is 417 g/mol. The molecule has 0 spiro atoms. The minimum atomic E-state index is -0.151. The third-order valence-electron chi connectivity index (χ3n) is 5.72. The summed E-state index contributed by atoms with van der Waals surface area (Å²) in [5, 5.41) is 0.484. The van der Waals surface area contributed by atoms with E-state index in [0.29, 0.717) is 28.7 Å². The van der Waals surface area contributed by atoms with Gasteiger partial charge in [-0.15, -0.1) is 0 Å². The average molecular weight is 417 g/mol. The van der Waals surface area contributed by atoms with Crippen LogP contribution in [0.1, 0.15) is 11.1 Å². The van der Waals surface area contributed by atoms with Crippen molar-refractivity contribution in [2.45, 2.75) is 13.5 Å². The zero-order chi connectivity index (χ0) is 21.7. The van der Waals surface area contributed by atoms with Crippen molar-refractivity contribution >= 4 is 33.2 Å². The fraction of sp³-hybridized carbons (Fsp3) is 0.0769. The molecular formula is C26H19N5O. The highest BCUT2D eigenvalue weighted by Crippen LogP contribution is 2.26. The van der Waals surface area contributed by atoms with Gasteiger partial charge in [0.05, 0.1) is 23.3 Å². The fourth-order valence-electron chi connectivity index (χ4n) is 4.18. The number of nitrogens with zero attached hydrogens (tertiary/aromatic N) is 5. The van der Waals surface area contributed by atoms with Crippen LogP contribution in [0.3, 0.4) is 0 Å². The van der Waals surface area contributed by atoms with Crippen molar-refractivity contribution in [1.29, 1.82) is 0 Å². The summed E-state index contributed by atoms with van der Waals surface area (Å²) in [5.74, 6) is 0. The van der Waals surface area contributed by atoms with E-state index in [-0.39, 0.29) is 5.56 Å². The Morgan fingerprint density at radius 3 is 2.34 bits per heavy atom. The van der Waals surface area contributed by atoms with E-state index in [2.05, 4.69) is 12.1 Å². The van der Waals surface area contributed by atoms with Gasteiger partial charge in [0.1, 0.15) is 17.2 Å². The number of rotatable bonds is 3. The zero-order valence-electron chi connectivity index (χ0n) is 17.4. The Bertz CT molecular complexity index is 1680. The van der Waals surface area contributed by atoms with E-state index < -0.39 is 0 Å². The third-order valence-corrected chi connectivity index (χ3v) is 5.72. The van der Waals surface area contributed by atoms with E-state index in [0.717, 1.165) is 27.8 Å². The lowest BCUT2D eigenvalue weighted by atomic mass is 10.2. The second-order valence-electron chi connectivity index (χ2n) is 7.91. The van der Waals surface area contributed by atoms with Crippen molar-refractivity contribution < 1.29 is 0 Å². The molecule has 0 N–H and O–H groups in total. The summed E-state index contributed by atoms with van der Waals surface area (Å²) in [6.07, 6.45) is 1.60.